The number of benzene rings is 2. The van der Waals surface area contributed by atoms with Crippen molar-refractivity contribution in [1.82, 2.24) is 10.6 Å². The Morgan fingerprint density at radius 1 is 1.04 bits per heavy atom. The Morgan fingerprint density at radius 3 is 2.46 bits per heavy atom. The van der Waals surface area contributed by atoms with Crippen LogP contribution in [-0.2, 0) is 11.2 Å². The first-order chi connectivity index (χ1) is 13.5. The lowest BCUT2D eigenvalue weighted by atomic mass is 9.99. The minimum atomic E-state index is -0.962. The molecule has 1 aliphatic rings. The molecule has 1 atom stereocenters. The lowest BCUT2D eigenvalue weighted by Gasteiger charge is -2.14. The first kappa shape index (κ1) is 19.4. The number of hydrogen-bond donors (Lipinski definition) is 4. The van der Waals surface area contributed by atoms with E-state index in [2.05, 4.69) is 16.0 Å². The van der Waals surface area contributed by atoms with E-state index in [9.17, 15) is 19.5 Å². The molecule has 2 aromatic rings. The maximum absolute atomic E-state index is 12.4. The van der Waals surface area contributed by atoms with Crippen molar-refractivity contribution in [3.8, 4) is 0 Å². The van der Waals surface area contributed by atoms with E-state index >= 15 is 0 Å². The molecule has 0 bridgehead atoms. The second-order valence-electron chi connectivity index (χ2n) is 6.89. The fraction of sp³-hybridized carbons (Fsp3) is 0.286. The van der Waals surface area contributed by atoms with Gasteiger partial charge in [0.25, 0.3) is 5.91 Å². The van der Waals surface area contributed by atoms with Crippen LogP contribution >= 0.6 is 0 Å². The number of anilines is 1. The number of carbonyl (C=O) groups is 3. The minimum absolute atomic E-state index is 0.0167. The van der Waals surface area contributed by atoms with Gasteiger partial charge in [-0.25, -0.2) is 4.79 Å². The molecule has 2 aromatic carbocycles. The highest BCUT2D eigenvalue weighted by Gasteiger charge is 2.23. The van der Waals surface area contributed by atoms with Crippen LogP contribution < -0.4 is 16.0 Å². The number of nitrogens with one attached hydrogen (secondary N) is 3. The summed E-state index contributed by atoms with van der Waals surface area (Å²) in [5.41, 5.74) is 1.76. The van der Waals surface area contributed by atoms with Gasteiger partial charge < -0.3 is 21.1 Å². The Bertz CT molecular complexity index is 850. The molecule has 0 aromatic heterocycles. The van der Waals surface area contributed by atoms with Crippen molar-refractivity contribution in [3.05, 3.63) is 65.7 Å². The van der Waals surface area contributed by atoms with Crippen LogP contribution in [-0.4, -0.2) is 35.6 Å². The van der Waals surface area contributed by atoms with Crippen LogP contribution in [0.1, 0.15) is 28.8 Å². The van der Waals surface area contributed by atoms with E-state index in [0.29, 0.717) is 17.7 Å². The number of carbonyl (C=O) groups excluding carboxylic acids is 2. The molecule has 0 heterocycles. The number of urea groups is 1. The van der Waals surface area contributed by atoms with Gasteiger partial charge in [-0.15, -0.1) is 0 Å². The number of carboxylic acid groups (broad SMARTS) is 1. The molecule has 1 saturated carbocycles. The maximum atomic E-state index is 12.4. The van der Waals surface area contributed by atoms with E-state index in [1.807, 2.05) is 30.3 Å². The van der Waals surface area contributed by atoms with Crippen LogP contribution in [0.5, 0.6) is 0 Å². The molecule has 0 spiro atoms. The Morgan fingerprint density at radius 2 is 1.79 bits per heavy atom. The predicted molar refractivity (Wildman–Crippen MR) is 105 cm³/mol. The summed E-state index contributed by atoms with van der Waals surface area (Å²) in [4.78, 5) is 35.8. The van der Waals surface area contributed by atoms with Gasteiger partial charge in [-0.1, -0.05) is 36.4 Å². The Hall–Kier alpha value is -3.35. The molecule has 1 fully saturated rings. The maximum Gasteiger partial charge on any atom is 0.319 e. The van der Waals surface area contributed by atoms with E-state index in [0.717, 1.165) is 18.4 Å². The fourth-order valence-corrected chi connectivity index (χ4v) is 2.78. The summed E-state index contributed by atoms with van der Waals surface area (Å²) in [5, 5.41) is 17.6. The van der Waals surface area contributed by atoms with E-state index in [-0.39, 0.29) is 24.5 Å². The first-order valence-electron chi connectivity index (χ1n) is 9.24. The molecule has 4 N–H and O–H groups in total. The monoisotopic (exact) mass is 381 g/mol. The van der Waals surface area contributed by atoms with Crippen molar-refractivity contribution in [3.63, 3.8) is 0 Å². The van der Waals surface area contributed by atoms with Crippen LogP contribution in [0.3, 0.4) is 0 Å². The molecule has 0 radical (unpaired) electrons. The molecule has 1 unspecified atom stereocenters. The second kappa shape index (κ2) is 9.03. The van der Waals surface area contributed by atoms with Crippen LogP contribution in [0.4, 0.5) is 10.5 Å². The van der Waals surface area contributed by atoms with E-state index in [1.54, 1.807) is 24.3 Å². The summed E-state index contributed by atoms with van der Waals surface area (Å²) in [6.07, 6.45) is 2.31. The topological polar surface area (TPSA) is 108 Å². The zero-order chi connectivity index (χ0) is 19.9. The fourth-order valence-electron chi connectivity index (χ4n) is 2.78. The van der Waals surface area contributed by atoms with Crippen molar-refractivity contribution in [2.45, 2.75) is 25.3 Å². The number of rotatable bonds is 8. The van der Waals surface area contributed by atoms with Gasteiger partial charge in [0, 0.05) is 23.8 Å². The molecular formula is C21H23N3O4. The standard InChI is InChI=1S/C21H23N3O4/c25-19(22-13-16(20(26)27)11-14-5-2-1-3-6-14)15-7-4-8-18(12-15)24-21(28)23-17-9-10-17/h1-8,12,16-17H,9-11,13H2,(H,22,25)(H,26,27)(H2,23,24,28). The van der Waals surface area contributed by atoms with Crippen molar-refractivity contribution >= 4 is 23.6 Å². The molecule has 0 aliphatic heterocycles. The molecule has 3 rings (SSSR count). The predicted octanol–water partition coefficient (Wildman–Crippen LogP) is 2.64. The van der Waals surface area contributed by atoms with Crippen LogP contribution in [0, 0.1) is 5.92 Å². The quantitative estimate of drug-likeness (QED) is 0.564. The van der Waals surface area contributed by atoms with E-state index in [4.69, 9.17) is 0 Å². The highest BCUT2D eigenvalue weighted by atomic mass is 16.4. The van der Waals surface area contributed by atoms with E-state index in [1.165, 1.54) is 0 Å². The van der Waals surface area contributed by atoms with Crippen molar-refractivity contribution < 1.29 is 19.5 Å². The third-order valence-corrected chi connectivity index (χ3v) is 4.48. The average Bonchev–Trinajstić information content (AvgIpc) is 3.49. The number of amides is 3. The first-order valence-corrected chi connectivity index (χ1v) is 9.24. The zero-order valence-corrected chi connectivity index (χ0v) is 15.4. The molecule has 7 nitrogen and oxygen atoms in total. The largest absolute Gasteiger partial charge is 0.481 e. The van der Waals surface area contributed by atoms with Crippen molar-refractivity contribution in [1.29, 1.82) is 0 Å². The van der Waals surface area contributed by atoms with Gasteiger partial charge in [-0.3, -0.25) is 9.59 Å². The minimum Gasteiger partial charge on any atom is -0.481 e. The molecule has 0 saturated heterocycles. The van der Waals surface area contributed by atoms with Gasteiger partial charge in [0.15, 0.2) is 0 Å². The highest BCUT2D eigenvalue weighted by Crippen LogP contribution is 2.19. The molecule has 1 aliphatic carbocycles. The third kappa shape index (κ3) is 5.84. The molecule has 146 valence electrons. The highest BCUT2D eigenvalue weighted by molar-refractivity contribution is 5.97. The smallest absolute Gasteiger partial charge is 0.319 e. The lowest BCUT2D eigenvalue weighted by Crippen LogP contribution is -2.34. The van der Waals surface area contributed by atoms with Crippen molar-refractivity contribution in [2.75, 3.05) is 11.9 Å². The SMILES string of the molecule is O=C(Nc1cccc(C(=O)NCC(Cc2ccccc2)C(=O)O)c1)NC1CC1. The van der Waals surface area contributed by atoms with Gasteiger partial charge in [-0.05, 0) is 43.0 Å². The third-order valence-electron chi connectivity index (χ3n) is 4.48. The molecule has 7 heteroatoms. The summed E-state index contributed by atoms with van der Waals surface area (Å²) in [6, 6.07) is 15.8. The van der Waals surface area contributed by atoms with Gasteiger partial charge in [0.1, 0.15) is 0 Å². The van der Waals surface area contributed by atoms with Crippen LogP contribution in [0.2, 0.25) is 0 Å². The molecule has 3 amide bonds. The van der Waals surface area contributed by atoms with Gasteiger partial charge >= 0.3 is 12.0 Å². The zero-order valence-electron chi connectivity index (χ0n) is 15.4. The summed E-state index contributed by atoms with van der Waals surface area (Å²) < 4.78 is 0. The lowest BCUT2D eigenvalue weighted by molar-refractivity contribution is -0.141. The molecule has 28 heavy (non-hydrogen) atoms. The number of aliphatic carboxylic acids is 1. The summed E-state index contributed by atoms with van der Waals surface area (Å²) in [7, 11) is 0. The van der Waals surface area contributed by atoms with Crippen LogP contribution in [0.15, 0.2) is 54.6 Å². The van der Waals surface area contributed by atoms with Crippen molar-refractivity contribution in [2.24, 2.45) is 5.92 Å². The summed E-state index contributed by atoms with van der Waals surface area (Å²) >= 11 is 0. The summed E-state index contributed by atoms with van der Waals surface area (Å²) in [6.45, 7) is 0.0167. The Balaban J connectivity index is 1.56. The van der Waals surface area contributed by atoms with Crippen LogP contribution in [0.25, 0.3) is 0 Å². The molecular weight excluding hydrogens is 358 g/mol. The normalized spacial score (nSPS) is 14.0. The van der Waals surface area contributed by atoms with E-state index < -0.39 is 11.9 Å². The van der Waals surface area contributed by atoms with Gasteiger partial charge in [0.2, 0.25) is 0 Å². The average molecular weight is 381 g/mol. The Labute approximate surface area is 163 Å². The summed E-state index contributed by atoms with van der Waals surface area (Å²) in [5.74, 6) is -2.07. The number of hydrogen-bond acceptors (Lipinski definition) is 3. The second-order valence-corrected chi connectivity index (χ2v) is 6.89. The van der Waals surface area contributed by atoms with Gasteiger partial charge in [-0.2, -0.15) is 0 Å². The Kier molecular flexibility index (Phi) is 6.26. The number of carboxylic acids is 1. The van der Waals surface area contributed by atoms with Gasteiger partial charge in [0.05, 0.1) is 5.92 Å².